The van der Waals surface area contributed by atoms with Crippen molar-refractivity contribution in [3.05, 3.63) is 39.3 Å². The fourth-order valence-corrected chi connectivity index (χ4v) is 2.33. The van der Waals surface area contributed by atoms with Gasteiger partial charge in [-0.1, -0.05) is 27.3 Å². The lowest BCUT2D eigenvalue weighted by atomic mass is 10.2. The average molecular weight is 284 g/mol. The monoisotopic (exact) mass is 283 g/mol. The van der Waals surface area contributed by atoms with Crippen molar-refractivity contribution in [1.82, 2.24) is 4.98 Å². The Bertz CT molecular complexity index is 481. The summed E-state index contributed by atoms with van der Waals surface area (Å²) in [6, 6.07) is 5.93. The molecule has 78 valence electrons. The first-order valence-electron chi connectivity index (χ1n) is 4.51. The van der Waals surface area contributed by atoms with Gasteiger partial charge in [0.25, 0.3) is 5.19 Å². The zero-order valence-corrected chi connectivity index (χ0v) is 10.9. The van der Waals surface area contributed by atoms with Crippen LogP contribution in [-0.4, -0.2) is 4.98 Å². The van der Waals surface area contributed by atoms with Gasteiger partial charge in [0.05, 0.1) is 5.69 Å². The molecule has 0 aliphatic rings. The van der Waals surface area contributed by atoms with Gasteiger partial charge in [-0.25, -0.2) is 4.98 Å². The van der Waals surface area contributed by atoms with Crippen LogP contribution in [0.5, 0.6) is 10.9 Å². The van der Waals surface area contributed by atoms with Crippen LogP contribution in [0, 0.1) is 13.8 Å². The van der Waals surface area contributed by atoms with Gasteiger partial charge in [0.15, 0.2) is 0 Å². The highest BCUT2D eigenvalue weighted by atomic mass is 79.9. The number of ether oxygens (including phenoxy) is 1. The fourth-order valence-electron chi connectivity index (χ4n) is 1.20. The van der Waals surface area contributed by atoms with E-state index < -0.39 is 0 Å². The zero-order valence-electron chi connectivity index (χ0n) is 8.45. The summed E-state index contributed by atoms with van der Waals surface area (Å²) >= 11 is 4.93. The van der Waals surface area contributed by atoms with Gasteiger partial charge in [0.1, 0.15) is 5.75 Å². The molecule has 0 saturated carbocycles. The predicted octanol–water partition coefficient (Wildman–Crippen LogP) is 4.31. The molecule has 0 aliphatic carbocycles. The number of aromatic nitrogens is 1. The Balaban J connectivity index is 2.24. The van der Waals surface area contributed by atoms with E-state index in [2.05, 4.69) is 20.9 Å². The second kappa shape index (κ2) is 4.33. The summed E-state index contributed by atoms with van der Waals surface area (Å²) in [5, 5.41) is 2.67. The van der Waals surface area contributed by atoms with Crippen LogP contribution in [0.4, 0.5) is 0 Å². The van der Waals surface area contributed by atoms with E-state index in [1.54, 1.807) is 0 Å². The Kier molecular flexibility index (Phi) is 3.07. The normalized spacial score (nSPS) is 10.3. The Hall–Kier alpha value is -0.870. The Labute approximate surface area is 101 Å². The van der Waals surface area contributed by atoms with Crippen molar-refractivity contribution in [2.45, 2.75) is 13.8 Å². The first kappa shape index (κ1) is 10.6. The molecule has 0 aliphatic heterocycles. The summed E-state index contributed by atoms with van der Waals surface area (Å²) in [5.41, 5.74) is 2.09. The highest BCUT2D eigenvalue weighted by molar-refractivity contribution is 9.10. The minimum absolute atomic E-state index is 0.693. The molecular formula is C11H10BrNOS. The number of thiazole rings is 1. The van der Waals surface area contributed by atoms with Gasteiger partial charge in [-0.3, -0.25) is 0 Å². The summed E-state index contributed by atoms with van der Waals surface area (Å²) in [5.74, 6) is 0.854. The third kappa shape index (κ3) is 2.58. The first-order chi connectivity index (χ1) is 7.15. The summed E-state index contributed by atoms with van der Waals surface area (Å²) in [6.07, 6.45) is 0. The maximum Gasteiger partial charge on any atom is 0.278 e. The van der Waals surface area contributed by atoms with E-state index >= 15 is 0 Å². The van der Waals surface area contributed by atoms with E-state index in [1.165, 1.54) is 11.3 Å². The minimum atomic E-state index is 0.693. The quantitative estimate of drug-likeness (QED) is 0.819. The number of hydrogen-bond donors (Lipinski definition) is 0. The van der Waals surface area contributed by atoms with Crippen molar-refractivity contribution in [2.24, 2.45) is 0 Å². The molecule has 0 unspecified atom stereocenters. The predicted molar refractivity (Wildman–Crippen MR) is 65.8 cm³/mol. The van der Waals surface area contributed by atoms with Crippen LogP contribution in [0.1, 0.15) is 11.3 Å². The van der Waals surface area contributed by atoms with Crippen LogP contribution in [0.15, 0.2) is 28.1 Å². The molecule has 4 heteroatoms. The van der Waals surface area contributed by atoms with Crippen molar-refractivity contribution in [3.63, 3.8) is 0 Å². The molecule has 0 bridgehead atoms. The lowest BCUT2D eigenvalue weighted by Gasteiger charge is -2.05. The average Bonchev–Trinajstić information content (AvgIpc) is 2.56. The third-order valence-corrected chi connectivity index (χ3v) is 3.26. The van der Waals surface area contributed by atoms with Crippen molar-refractivity contribution >= 4 is 27.3 Å². The third-order valence-electron chi connectivity index (χ3n) is 1.93. The molecule has 0 saturated heterocycles. The van der Waals surface area contributed by atoms with E-state index in [4.69, 9.17) is 4.74 Å². The van der Waals surface area contributed by atoms with Crippen molar-refractivity contribution in [1.29, 1.82) is 0 Å². The molecule has 1 heterocycles. The number of benzene rings is 1. The van der Waals surface area contributed by atoms with E-state index in [0.717, 1.165) is 21.5 Å². The Morgan fingerprint density at radius 2 is 2.13 bits per heavy atom. The van der Waals surface area contributed by atoms with Crippen LogP contribution in [0.3, 0.4) is 0 Å². The SMILES string of the molecule is Cc1csc(Oc2ccc(Br)cc2C)n1. The molecule has 1 aromatic heterocycles. The van der Waals surface area contributed by atoms with Gasteiger partial charge < -0.3 is 4.74 Å². The van der Waals surface area contributed by atoms with E-state index in [0.29, 0.717) is 5.19 Å². The molecule has 0 radical (unpaired) electrons. The van der Waals surface area contributed by atoms with Crippen LogP contribution >= 0.6 is 27.3 Å². The Morgan fingerprint density at radius 1 is 1.33 bits per heavy atom. The molecule has 0 atom stereocenters. The van der Waals surface area contributed by atoms with E-state index in [9.17, 15) is 0 Å². The summed E-state index contributed by atoms with van der Waals surface area (Å²) in [6.45, 7) is 3.97. The summed E-state index contributed by atoms with van der Waals surface area (Å²) < 4.78 is 6.73. The standard InChI is InChI=1S/C11H10BrNOS/c1-7-5-9(12)3-4-10(7)14-11-13-8(2)6-15-11/h3-6H,1-2H3. The van der Waals surface area contributed by atoms with Crippen molar-refractivity contribution < 1.29 is 4.74 Å². The molecule has 2 aromatic rings. The largest absolute Gasteiger partial charge is 0.431 e. The number of rotatable bonds is 2. The topological polar surface area (TPSA) is 22.1 Å². The summed E-state index contributed by atoms with van der Waals surface area (Å²) in [7, 11) is 0. The molecular weight excluding hydrogens is 274 g/mol. The van der Waals surface area contributed by atoms with Crippen LogP contribution < -0.4 is 4.74 Å². The molecule has 0 amide bonds. The molecule has 2 rings (SSSR count). The minimum Gasteiger partial charge on any atom is -0.431 e. The fraction of sp³-hybridized carbons (Fsp3) is 0.182. The van der Waals surface area contributed by atoms with Gasteiger partial charge in [0.2, 0.25) is 0 Å². The molecule has 15 heavy (non-hydrogen) atoms. The number of hydrogen-bond acceptors (Lipinski definition) is 3. The zero-order chi connectivity index (χ0) is 10.8. The molecule has 2 nitrogen and oxygen atoms in total. The second-order valence-corrected chi connectivity index (χ2v) is 5.00. The molecule has 0 fully saturated rings. The Morgan fingerprint density at radius 3 is 2.73 bits per heavy atom. The van der Waals surface area contributed by atoms with Gasteiger partial charge >= 0.3 is 0 Å². The maximum absolute atomic E-state index is 5.67. The lowest BCUT2D eigenvalue weighted by molar-refractivity contribution is 0.474. The van der Waals surface area contributed by atoms with Crippen LogP contribution in [0.2, 0.25) is 0 Å². The maximum atomic E-state index is 5.67. The van der Waals surface area contributed by atoms with Gasteiger partial charge in [-0.05, 0) is 37.6 Å². The van der Waals surface area contributed by atoms with Gasteiger partial charge in [0, 0.05) is 9.85 Å². The molecule has 0 spiro atoms. The molecule has 0 N–H and O–H groups in total. The summed E-state index contributed by atoms with van der Waals surface area (Å²) in [4.78, 5) is 4.25. The van der Waals surface area contributed by atoms with Crippen molar-refractivity contribution in [2.75, 3.05) is 0 Å². The number of halogens is 1. The number of nitrogens with zero attached hydrogens (tertiary/aromatic N) is 1. The number of aryl methyl sites for hydroxylation is 2. The van der Waals surface area contributed by atoms with Crippen LogP contribution in [0.25, 0.3) is 0 Å². The van der Waals surface area contributed by atoms with E-state index in [-0.39, 0.29) is 0 Å². The van der Waals surface area contributed by atoms with Crippen molar-refractivity contribution in [3.8, 4) is 10.9 Å². The second-order valence-electron chi connectivity index (χ2n) is 3.27. The van der Waals surface area contributed by atoms with Gasteiger partial charge in [-0.15, -0.1) is 0 Å². The highest BCUT2D eigenvalue weighted by Crippen LogP contribution is 2.29. The van der Waals surface area contributed by atoms with Gasteiger partial charge in [-0.2, -0.15) is 0 Å². The van der Waals surface area contributed by atoms with E-state index in [1.807, 2.05) is 37.4 Å². The first-order valence-corrected chi connectivity index (χ1v) is 6.18. The lowest BCUT2D eigenvalue weighted by Crippen LogP contribution is -1.86. The highest BCUT2D eigenvalue weighted by Gasteiger charge is 2.04. The molecule has 1 aromatic carbocycles. The smallest absolute Gasteiger partial charge is 0.278 e. The van der Waals surface area contributed by atoms with Crippen LogP contribution in [-0.2, 0) is 0 Å².